The van der Waals surface area contributed by atoms with Crippen LogP contribution in [0.5, 0.6) is 0 Å². The minimum Gasteiger partial charge on any atom is -0.370 e. The SMILES string of the molecule is CCCNc1cc(NCC2(C3CC3)CC2)nc(C2CC2)n1. The standard InChI is InChI=1S/C17H26N4/c1-2-9-18-14-10-15(21-16(20-14)12-3-4-12)19-11-17(7-8-17)13-5-6-13/h10,12-13H,2-9,11H2,1H3,(H2,18,19,20,21). The summed E-state index contributed by atoms with van der Waals surface area (Å²) in [6.07, 6.45) is 9.34. The molecule has 4 nitrogen and oxygen atoms in total. The highest BCUT2D eigenvalue weighted by Gasteiger charge is 2.53. The van der Waals surface area contributed by atoms with Crippen molar-refractivity contribution in [2.45, 2.75) is 57.8 Å². The van der Waals surface area contributed by atoms with Crippen LogP contribution in [0.4, 0.5) is 11.6 Å². The molecule has 1 heterocycles. The van der Waals surface area contributed by atoms with E-state index < -0.39 is 0 Å². The Morgan fingerprint density at radius 3 is 2.38 bits per heavy atom. The number of rotatable bonds is 8. The van der Waals surface area contributed by atoms with Crippen molar-refractivity contribution in [3.63, 3.8) is 0 Å². The van der Waals surface area contributed by atoms with E-state index in [1.807, 2.05) is 0 Å². The molecular formula is C17H26N4. The second-order valence-electron chi connectivity index (χ2n) is 7.19. The Balaban J connectivity index is 1.45. The summed E-state index contributed by atoms with van der Waals surface area (Å²) in [6, 6.07) is 2.09. The molecule has 3 fully saturated rings. The molecule has 0 amide bonds. The zero-order chi connectivity index (χ0) is 14.3. The van der Waals surface area contributed by atoms with Crippen molar-refractivity contribution in [2.24, 2.45) is 11.3 Å². The lowest BCUT2D eigenvalue weighted by Crippen LogP contribution is -2.18. The topological polar surface area (TPSA) is 49.8 Å². The van der Waals surface area contributed by atoms with Gasteiger partial charge in [0.2, 0.25) is 0 Å². The minimum atomic E-state index is 0.604. The Labute approximate surface area is 127 Å². The summed E-state index contributed by atoms with van der Waals surface area (Å²) < 4.78 is 0. The Kier molecular flexibility index (Phi) is 3.27. The van der Waals surface area contributed by atoms with Crippen molar-refractivity contribution in [1.82, 2.24) is 9.97 Å². The summed E-state index contributed by atoms with van der Waals surface area (Å²) in [5, 5.41) is 7.03. The second kappa shape index (κ2) is 5.15. The van der Waals surface area contributed by atoms with Gasteiger partial charge in [-0.1, -0.05) is 6.92 Å². The van der Waals surface area contributed by atoms with E-state index in [9.17, 15) is 0 Å². The van der Waals surface area contributed by atoms with Crippen molar-refractivity contribution >= 4 is 11.6 Å². The molecule has 0 atom stereocenters. The average Bonchev–Trinajstić information content (AvgIpc) is 3.38. The van der Waals surface area contributed by atoms with Crippen LogP contribution in [0.1, 0.15) is 63.6 Å². The molecule has 3 aliphatic rings. The number of hydrogen-bond donors (Lipinski definition) is 2. The predicted octanol–water partition coefficient (Wildman–Crippen LogP) is 3.78. The fourth-order valence-electron chi connectivity index (χ4n) is 3.28. The molecule has 3 aliphatic carbocycles. The highest BCUT2D eigenvalue weighted by Crippen LogP contribution is 2.61. The molecule has 4 rings (SSSR count). The van der Waals surface area contributed by atoms with Gasteiger partial charge in [-0.25, -0.2) is 9.97 Å². The van der Waals surface area contributed by atoms with Gasteiger partial charge in [0, 0.05) is 25.1 Å². The first-order valence-electron chi connectivity index (χ1n) is 8.66. The molecule has 2 N–H and O–H groups in total. The first-order chi connectivity index (χ1) is 10.3. The molecular weight excluding hydrogens is 260 g/mol. The van der Waals surface area contributed by atoms with E-state index in [2.05, 4.69) is 28.6 Å². The molecule has 0 radical (unpaired) electrons. The van der Waals surface area contributed by atoms with E-state index in [0.29, 0.717) is 11.3 Å². The molecule has 0 unspecified atom stereocenters. The molecule has 3 saturated carbocycles. The Morgan fingerprint density at radius 1 is 1.10 bits per heavy atom. The van der Waals surface area contributed by atoms with Gasteiger partial charge in [0.1, 0.15) is 17.5 Å². The second-order valence-corrected chi connectivity index (χ2v) is 7.19. The molecule has 114 valence electrons. The molecule has 4 heteroatoms. The summed E-state index contributed by atoms with van der Waals surface area (Å²) >= 11 is 0. The fraction of sp³-hybridized carbons (Fsp3) is 0.765. The monoisotopic (exact) mass is 286 g/mol. The van der Waals surface area contributed by atoms with E-state index >= 15 is 0 Å². The van der Waals surface area contributed by atoms with Crippen LogP contribution in [0.15, 0.2) is 6.07 Å². The van der Waals surface area contributed by atoms with Gasteiger partial charge in [0.15, 0.2) is 0 Å². The molecule has 0 spiro atoms. The summed E-state index contributed by atoms with van der Waals surface area (Å²) in [5.41, 5.74) is 0.613. The first kappa shape index (κ1) is 13.4. The molecule has 21 heavy (non-hydrogen) atoms. The van der Waals surface area contributed by atoms with Gasteiger partial charge in [0.25, 0.3) is 0 Å². The number of anilines is 2. The number of nitrogens with one attached hydrogen (secondary N) is 2. The Bertz CT molecular complexity index is 516. The molecule has 1 aromatic heterocycles. The van der Waals surface area contributed by atoms with Crippen molar-refractivity contribution < 1.29 is 0 Å². The maximum Gasteiger partial charge on any atom is 0.136 e. The summed E-state index contributed by atoms with van der Waals surface area (Å²) in [7, 11) is 0. The first-order valence-corrected chi connectivity index (χ1v) is 8.66. The van der Waals surface area contributed by atoms with Gasteiger partial charge in [-0.3, -0.25) is 0 Å². The molecule has 0 bridgehead atoms. The lowest BCUT2D eigenvalue weighted by atomic mass is 10.0. The zero-order valence-electron chi connectivity index (χ0n) is 13.0. The van der Waals surface area contributed by atoms with Crippen LogP contribution in [-0.4, -0.2) is 23.1 Å². The van der Waals surface area contributed by atoms with Crippen molar-refractivity contribution in [1.29, 1.82) is 0 Å². The normalized spacial score (nSPS) is 22.9. The van der Waals surface area contributed by atoms with Crippen molar-refractivity contribution in [3.05, 3.63) is 11.9 Å². The lowest BCUT2D eigenvalue weighted by Gasteiger charge is -2.16. The maximum absolute atomic E-state index is 4.75. The Morgan fingerprint density at radius 2 is 1.81 bits per heavy atom. The van der Waals surface area contributed by atoms with Crippen LogP contribution in [0.3, 0.4) is 0 Å². The molecule has 0 aromatic carbocycles. The van der Waals surface area contributed by atoms with Gasteiger partial charge in [-0.2, -0.15) is 0 Å². The predicted molar refractivity (Wildman–Crippen MR) is 85.7 cm³/mol. The quantitative estimate of drug-likeness (QED) is 0.763. The van der Waals surface area contributed by atoms with Crippen LogP contribution in [0.25, 0.3) is 0 Å². The van der Waals surface area contributed by atoms with Crippen molar-refractivity contribution in [2.75, 3.05) is 23.7 Å². The number of hydrogen-bond acceptors (Lipinski definition) is 4. The summed E-state index contributed by atoms with van der Waals surface area (Å²) in [4.78, 5) is 9.43. The van der Waals surface area contributed by atoms with Crippen molar-refractivity contribution in [3.8, 4) is 0 Å². The highest BCUT2D eigenvalue weighted by molar-refractivity contribution is 5.48. The van der Waals surface area contributed by atoms with Gasteiger partial charge < -0.3 is 10.6 Å². The summed E-state index contributed by atoms with van der Waals surface area (Å²) in [5.74, 6) is 4.65. The number of nitrogens with zero attached hydrogens (tertiary/aromatic N) is 2. The fourth-order valence-corrected chi connectivity index (χ4v) is 3.28. The van der Waals surface area contributed by atoms with E-state index in [-0.39, 0.29) is 0 Å². The molecule has 0 saturated heterocycles. The van der Waals surface area contributed by atoms with Crippen LogP contribution in [-0.2, 0) is 0 Å². The van der Waals surface area contributed by atoms with Gasteiger partial charge >= 0.3 is 0 Å². The molecule has 1 aromatic rings. The van der Waals surface area contributed by atoms with E-state index in [0.717, 1.165) is 42.9 Å². The third-order valence-corrected chi connectivity index (χ3v) is 5.20. The van der Waals surface area contributed by atoms with Gasteiger partial charge in [-0.05, 0) is 56.3 Å². The largest absolute Gasteiger partial charge is 0.370 e. The highest BCUT2D eigenvalue weighted by atomic mass is 15.1. The molecule has 0 aliphatic heterocycles. The number of aromatic nitrogens is 2. The summed E-state index contributed by atoms with van der Waals surface area (Å²) in [6.45, 7) is 4.26. The van der Waals surface area contributed by atoms with E-state index in [4.69, 9.17) is 4.98 Å². The van der Waals surface area contributed by atoms with Crippen LogP contribution in [0.2, 0.25) is 0 Å². The van der Waals surface area contributed by atoms with Crippen LogP contribution >= 0.6 is 0 Å². The smallest absolute Gasteiger partial charge is 0.136 e. The average molecular weight is 286 g/mol. The maximum atomic E-state index is 4.75. The third-order valence-electron chi connectivity index (χ3n) is 5.20. The Hall–Kier alpha value is -1.32. The van der Waals surface area contributed by atoms with E-state index in [1.54, 1.807) is 0 Å². The third kappa shape index (κ3) is 2.99. The van der Waals surface area contributed by atoms with Gasteiger partial charge in [-0.15, -0.1) is 0 Å². The van der Waals surface area contributed by atoms with E-state index in [1.165, 1.54) is 38.5 Å². The minimum absolute atomic E-state index is 0.604. The zero-order valence-corrected chi connectivity index (χ0v) is 13.0. The lowest BCUT2D eigenvalue weighted by molar-refractivity contribution is 0.466. The van der Waals surface area contributed by atoms with Gasteiger partial charge in [0.05, 0.1) is 0 Å². The van der Waals surface area contributed by atoms with Crippen LogP contribution in [0, 0.1) is 11.3 Å². The van der Waals surface area contributed by atoms with Crippen LogP contribution < -0.4 is 10.6 Å².